The second-order valence-corrected chi connectivity index (χ2v) is 7.41. The summed E-state index contributed by atoms with van der Waals surface area (Å²) in [5.74, 6) is 0. The Morgan fingerprint density at radius 3 is 2.73 bits per heavy atom. The molecular weight excluding hydrogens is 308 g/mol. The number of amides is 2. The van der Waals surface area contributed by atoms with Gasteiger partial charge in [0.25, 0.3) is 0 Å². The molecule has 0 spiro atoms. The van der Waals surface area contributed by atoms with Crippen molar-refractivity contribution in [3.8, 4) is 0 Å². The number of aromatic nitrogens is 1. The minimum absolute atomic E-state index is 0.165. The van der Waals surface area contributed by atoms with Crippen LogP contribution in [-0.2, 0) is 17.1 Å². The second kappa shape index (κ2) is 6.49. The van der Waals surface area contributed by atoms with Crippen LogP contribution >= 0.6 is 0 Å². The Hall–Kier alpha value is -1.87. The summed E-state index contributed by atoms with van der Waals surface area (Å²) in [6.07, 6.45) is 4.12. The second-order valence-electron chi connectivity index (χ2n) is 5.43. The van der Waals surface area contributed by atoms with E-state index in [-0.39, 0.29) is 18.1 Å². The quantitative estimate of drug-likeness (QED) is 0.811. The third kappa shape index (κ3) is 4.31. The van der Waals surface area contributed by atoms with Crippen LogP contribution in [0.5, 0.6) is 0 Å². The predicted molar refractivity (Wildman–Crippen MR) is 83.3 cm³/mol. The van der Waals surface area contributed by atoms with Gasteiger partial charge in [-0.15, -0.1) is 0 Å². The fraction of sp³-hybridized carbons (Fsp3) is 0.538. The molecule has 22 heavy (non-hydrogen) atoms. The highest BCUT2D eigenvalue weighted by atomic mass is 32.2. The predicted octanol–water partition coefficient (Wildman–Crippen LogP) is -0.0692. The Bertz CT molecular complexity index is 713. The lowest BCUT2D eigenvalue weighted by molar-refractivity contribution is 0.236. The summed E-state index contributed by atoms with van der Waals surface area (Å²) in [5, 5.41) is 5.39. The Morgan fingerprint density at radius 2 is 2.09 bits per heavy atom. The van der Waals surface area contributed by atoms with Gasteiger partial charge in [-0.25, -0.2) is 17.5 Å². The number of sulfonamides is 1. The molecule has 9 heteroatoms. The molecule has 2 heterocycles. The maximum absolute atomic E-state index is 12.0. The molecule has 2 rings (SSSR count). The van der Waals surface area contributed by atoms with E-state index in [1.54, 1.807) is 7.05 Å². The number of hydrogen-bond acceptors (Lipinski definition) is 4. The minimum atomic E-state index is -3.24. The average Bonchev–Trinajstić information content (AvgIpc) is 2.42. The number of pyridine rings is 1. The van der Waals surface area contributed by atoms with Crippen molar-refractivity contribution in [2.75, 3.05) is 24.7 Å². The number of anilines is 1. The van der Waals surface area contributed by atoms with Gasteiger partial charge in [-0.05, 0) is 18.9 Å². The summed E-state index contributed by atoms with van der Waals surface area (Å²) in [6, 6.07) is 2.24. The van der Waals surface area contributed by atoms with Crippen LogP contribution in [0.2, 0.25) is 0 Å². The normalized spacial score (nSPS) is 19.6. The minimum Gasteiger partial charge on any atom is -0.334 e. The molecule has 1 aromatic rings. The molecule has 1 saturated heterocycles. The Balaban J connectivity index is 1.94. The van der Waals surface area contributed by atoms with Gasteiger partial charge in [0.2, 0.25) is 15.6 Å². The number of aryl methyl sites for hydroxylation is 1. The molecule has 0 aliphatic carbocycles. The smallest absolute Gasteiger partial charge is 0.319 e. The number of carbonyl (C=O) groups excluding carboxylic acids is 1. The van der Waals surface area contributed by atoms with Gasteiger partial charge in [0.05, 0.1) is 11.9 Å². The number of hydrogen-bond donors (Lipinski definition) is 2. The monoisotopic (exact) mass is 328 g/mol. The van der Waals surface area contributed by atoms with Crippen LogP contribution in [0.25, 0.3) is 0 Å². The number of carbonyl (C=O) groups is 1. The van der Waals surface area contributed by atoms with E-state index in [0.29, 0.717) is 18.7 Å². The van der Waals surface area contributed by atoms with Crippen molar-refractivity contribution in [1.82, 2.24) is 14.2 Å². The molecule has 1 aromatic heterocycles. The van der Waals surface area contributed by atoms with Crippen molar-refractivity contribution < 1.29 is 13.2 Å². The first kappa shape index (κ1) is 16.5. The van der Waals surface area contributed by atoms with E-state index in [0.717, 1.165) is 6.42 Å². The maximum atomic E-state index is 12.0. The highest BCUT2D eigenvalue weighted by molar-refractivity contribution is 7.88. The summed E-state index contributed by atoms with van der Waals surface area (Å²) in [7, 11) is -1.65. The van der Waals surface area contributed by atoms with Crippen molar-refractivity contribution in [2.24, 2.45) is 7.05 Å². The molecular formula is C13H20N4O4S. The molecule has 8 nitrogen and oxygen atoms in total. The lowest BCUT2D eigenvalue weighted by Gasteiger charge is -2.31. The van der Waals surface area contributed by atoms with Crippen LogP contribution in [0.4, 0.5) is 10.5 Å². The standard InChI is InChI=1S/C13H20N4O4S/c1-16-8-11(5-6-12(16)18)15-13(19)14-10-4-3-7-17(9-10)22(2,20)21/h5-6,8,10H,3-4,7,9H2,1-2H3,(H2,14,15,19)/t10-/m1/s1. The lowest BCUT2D eigenvalue weighted by atomic mass is 10.1. The van der Waals surface area contributed by atoms with Crippen molar-refractivity contribution in [3.05, 3.63) is 28.7 Å². The number of piperidine rings is 1. The van der Waals surface area contributed by atoms with Gasteiger partial charge in [-0.2, -0.15) is 0 Å². The van der Waals surface area contributed by atoms with Crippen LogP contribution in [0.3, 0.4) is 0 Å². The first-order chi connectivity index (χ1) is 10.3. The molecule has 2 amide bonds. The maximum Gasteiger partial charge on any atom is 0.319 e. The first-order valence-corrected chi connectivity index (χ1v) is 8.80. The molecule has 0 unspecified atom stereocenters. The number of urea groups is 1. The van der Waals surface area contributed by atoms with Gasteiger partial charge in [0.1, 0.15) is 0 Å². The molecule has 1 atom stereocenters. The Kier molecular flexibility index (Phi) is 4.87. The van der Waals surface area contributed by atoms with E-state index >= 15 is 0 Å². The molecule has 0 bridgehead atoms. The van der Waals surface area contributed by atoms with Crippen molar-refractivity contribution in [3.63, 3.8) is 0 Å². The van der Waals surface area contributed by atoms with Crippen LogP contribution in [0.1, 0.15) is 12.8 Å². The van der Waals surface area contributed by atoms with Gasteiger partial charge < -0.3 is 15.2 Å². The van der Waals surface area contributed by atoms with E-state index in [2.05, 4.69) is 10.6 Å². The third-order valence-corrected chi connectivity index (χ3v) is 4.80. The van der Waals surface area contributed by atoms with Crippen LogP contribution in [0.15, 0.2) is 23.1 Å². The van der Waals surface area contributed by atoms with Crippen molar-refractivity contribution >= 4 is 21.7 Å². The SMILES string of the molecule is Cn1cc(NC(=O)N[C@@H]2CCCN(S(C)(=O)=O)C2)ccc1=O. The molecule has 122 valence electrons. The van der Waals surface area contributed by atoms with Crippen molar-refractivity contribution in [2.45, 2.75) is 18.9 Å². The zero-order chi connectivity index (χ0) is 16.3. The lowest BCUT2D eigenvalue weighted by Crippen LogP contribution is -2.50. The largest absolute Gasteiger partial charge is 0.334 e. The van der Waals surface area contributed by atoms with Gasteiger partial charge in [0, 0.05) is 38.4 Å². The highest BCUT2D eigenvalue weighted by Gasteiger charge is 2.26. The summed E-state index contributed by atoms with van der Waals surface area (Å²) in [4.78, 5) is 23.2. The molecule has 0 radical (unpaired) electrons. The van der Waals surface area contributed by atoms with Gasteiger partial charge in [-0.3, -0.25) is 4.79 Å². The molecule has 1 fully saturated rings. The van der Waals surface area contributed by atoms with Gasteiger partial charge in [0.15, 0.2) is 0 Å². The fourth-order valence-electron chi connectivity index (χ4n) is 2.38. The van der Waals surface area contributed by atoms with E-state index < -0.39 is 16.1 Å². The van der Waals surface area contributed by atoms with Crippen molar-refractivity contribution in [1.29, 1.82) is 0 Å². The van der Waals surface area contributed by atoms with E-state index in [1.165, 1.54) is 33.5 Å². The number of rotatable bonds is 3. The molecule has 1 aliphatic heterocycles. The topological polar surface area (TPSA) is 101 Å². The summed E-state index contributed by atoms with van der Waals surface area (Å²) >= 11 is 0. The van der Waals surface area contributed by atoms with Gasteiger partial charge >= 0.3 is 6.03 Å². The molecule has 2 N–H and O–H groups in total. The van der Waals surface area contributed by atoms with Crippen LogP contribution in [0, 0.1) is 0 Å². The zero-order valence-electron chi connectivity index (χ0n) is 12.6. The third-order valence-electron chi connectivity index (χ3n) is 3.53. The van der Waals surface area contributed by atoms with E-state index in [9.17, 15) is 18.0 Å². The number of nitrogens with zero attached hydrogens (tertiary/aromatic N) is 2. The zero-order valence-corrected chi connectivity index (χ0v) is 13.4. The first-order valence-electron chi connectivity index (χ1n) is 6.95. The summed E-state index contributed by atoms with van der Waals surface area (Å²) < 4.78 is 25.8. The fourth-order valence-corrected chi connectivity index (χ4v) is 3.29. The summed E-state index contributed by atoms with van der Waals surface area (Å²) in [5.41, 5.74) is 0.331. The van der Waals surface area contributed by atoms with Gasteiger partial charge in [-0.1, -0.05) is 0 Å². The van der Waals surface area contributed by atoms with E-state index in [4.69, 9.17) is 0 Å². The Labute approximate surface area is 129 Å². The van der Waals surface area contributed by atoms with E-state index in [1.807, 2.05) is 0 Å². The van der Waals surface area contributed by atoms with Crippen LogP contribution < -0.4 is 16.2 Å². The summed E-state index contributed by atoms with van der Waals surface area (Å²) in [6.45, 7) is 0.763. The molecule has 0 saturated carbocycles. The number of nitrogens with one attached hydrogen (secondary N) is 2. The van der Waals surface area contributed by atoms with Crippen LogP contribution in [-0.4, -0.2) is 48.7 Å². The molecule has 0 aromatic carbocycles. The molecule has 1 aliphatic rings. The highest BCUT2D eigenvalue weighted by Crippen LogP contribution is 2.13. The Morgan fingerprint density at radius 1 is 1.36 bits per heavy atom. The average molecular weight is 328 g/mol.